The quantitative estimate of drug-likeness (QED) is 0.652. The van der Waals surface area contributed by atoms with Crippen LogP contribution in [0.1, 0.15) is 24.0 Å². The van der Waals surface area contributed by atoms with Crippen LogP contribution in [0.2, 0.25) is 0 Å². The molecule has 0 saturated carbocycles. The molecule has 1 amide bonds. The monoisotopic (exact) mass is 410 g/mol. The third-order valence-electron chi connectivity index (χ3n) is 5.24. The molecule has 1 saturated heterocycles. The minimum absolute atomic E-state index is 0. The van der Waals surface area contributed by atoms with Gasteiger partial charge in [-0.3, -0.25) is 9.48 Å². The van der Waals surface area contributed by atoms with Gasteiger partial charge in [0.2, 0.25) is 5.91 Å². The van der Waals surface area contributed by atoms with E-state index in [0.717, 1.165) is 42.8 Å². The maximum atomic E-state index is 12.6. The molecule has 0 unspecified atom stereocenters. The molecule has 6 heteroatoms. The van der Waals surface area contributed by atoms with E-state index in [1.807, 2.05) is 41.1 Å². The molecule has 1 aliphatic heterocycles. The van der Waals surface area contributed by atoms with Crippen molar-refractivity contribution in [3.05, 3.63) is 78.0 Å². The molecule has 0 radical (unpaired) electrons. The number of benzene rings is 2. The fourth-order valence-corrected chi connectivity index (χ4v) is 3.69. The average molecular weight is 411 g/mol. The van der Waals surface area contributed by atoms with E-state index < -0.39 is 0 Å². The van der Waals surface area contributed by atoms with Crippen LogP contribution >= 0.6 is 12.4 Å². The summed E-state index contributed by atoms with van der Waals surface area (Å²) >= 11 is 0. The summed E-state index contributed by atoms with van der Waals surface area (Å²) in [6.07, 6.45) is 3.87. The fraction of sp³-hybridized carbons (Fsp3) is 0.304. The Morgan fingerprint density at radius 1 is 1.03 bits per heavy atom. The number of amides is 1. The van der Waals surface area contributed by atoms with Gasteiger partial charge in [0.1, 0.15) is 0 Å². The summed E-state index contributed by atoms with van der Waals surface area (Å²) in [5.41, 5.74) is 4.25. The summed E-state index contributed by atoms with van der Waals surface area (Å²) in [7, 11) is 0. The number of nitrogens with zero attached hydrogens (tertiary/aromatic N) is 2. The fourth-order valence-electron chi connectivity index (χ4n) is 3.69. The topological polar surface area (TPSA) is 59.0 Å². The molecule has 2 heterocycles. The number of halogens is 1. The Bertz CT molecular complexity index is 905. The molecule has 152 valence electrons. The minimum Gasteiger partial charge on any atom is -0.352 e. The average Bonchev–Trinajstić information content (AvgIpc) is 3.16. The zero-order valence-electron chi connectivity index (χ0n) is 16.4. The van der Waals surface area contributed by atoms with Gasteiger partial charge in [-0.15, -0.1) is 12.4 Å². The van der Waals surface area contributed by atoms with Crippen molar-refractivity contribution in [2.75, 3.05) is 13.1 Å². The van der Waals surface area contributed by atoms with E-state index in [1.165, 1.54) is 5.56 Å². The van der Waals surface area contributed by atoms with Crippen molar-refractivity contribution in [3.63, 3.8) is 0 Å². The van der Waals surface area contributed by atoms with E-state index >= 15 is 0 Å². The van der Waals surface area contributed by atoms with Gasteiger partial charge in [0.05, 0.1) is 12.2 Å². The first-order chi connectivity index (χ1) is 13.8. The molecule has 4 rings (SSSR count). The van der Waals surface area contributed by atoms with Gasteiger partial charge in [-0.2, -0.15) is 5.10 Å². The second-order valence-corrected chi connectivity index (χ2v) is 7.29. The minimum atomic E-state index is 0. The molecule has 1 aromatic heterocycles. The third-order valence-corrected chi connectivity index (χ3v) is 5.24. The highest BCUT2D eigenvalue weighted by atomic mass is 35.5. The SMILES string of the molecule is Cl.O=C(NCc1cn(Cc2ccccc2)nc1-c1ccccc1)C1CCNCC1. The molecule has 1 aliphatic rings. The van der Waals surface area contributed by atoms with Crippen LogP contribution in [-0.2, 0) is 17.9 Å². The first-order valence-corrected chi connectivity index (χ1v) is 9.94. The Labute approximate surface area is 177 Å². The summed E-state index contributed by atoms with van der Waals surface area (Å²) in [6, 6.07) is 20.5. The van der Waals surface area contributed by atoms with E-state index in [0.29, 0.717) is 13.1 Å². The first-order valence-electron chi connectivity index (χ1n) is 9.94. The highest BCUT2D eigenvalue weighted by molar-refractivity contribution is 5.85. The van der Waals surface area contributed by atoms with Crippen molar-refractivity contribution in [1.29, 1.82) is 0 Å². The third kappa shape index (κ3) is 5.46. The number of nitrogens with one attached hydrogen (secondary N) is 2. The standard InChI is InChI=1S/C23H26N4O.ClH/c28-23(20-11-13-24-14-12-20)25-15-21-17-27(16-18-7-3-1-4-8-18)26-22(21)19-9-5-2-6-10-19;/h1-10,17,20,24H,11-16H2,(H,25,28);1H. The molecular formula is C23H27ClN4O. The number of carbonyl (C=O) groups excluding carboxylic acids is 1. The zero-order valence-corrected chi connectivity index (χ0v) is 17.2. The summed E-state index contributed by atoms with van der Waals surface area (Å²) in [4.78, 5) is 12.6. The van der Waals surface area contributed by atoms with E-state index in [-0.39, 0.29) is 24.2 Å². The molecule has 0 bridgehead atoms. The normalized spacial score (nSPS) is 14.2. The van der Waals surface area contributed by atoms with Crippen LogP contribution in [0.25, 0.3) is 11.3 Å². The Balaban J connectivity index is 0.00000240. The highest BCUT2D eigenvalue weighted by Gasteiger charge is 2.21. The molecule has 0 spiro atoms. The number of hydrogen-bond donors (Lipinski definition) is 2. The van der Waals surface area contributed by atoms with Crippen LogP contribution in [0.4, 0.5) is 0 Å². The summed E-state index contributed by atoms with van der Waals surface area (Å²) in [5.74, 6) is 0.261. The summed E-state index contributed by atoms with van der Waals surface area (Å²) in [6.45, 7) is 3.05. The van der Waals surface area contributed by atoms with E-state index in [1.54, 1.807) is 0 Å². The van der Waals surface area contributed by atoms with Crippen molar-refractivity contribution in [2.24, 2.45) is 5.92 Å². The smallest absolute Gasteiger partial charge is 0.223 e. The second-order valence-electron chi connectivity index (χ2n) is 7.29. The van der Waals surface area contributed by atoms with Gasteiger partial charge >= 0.3 is 0 Å². The predicted molar refractivity (Wildman–Crippen MR) is 118 cm³/mol. The van der Waals surface area contributed by atoms with Crippen molar-refractivity contribution in [1.82, 2.24) is 20.4 Å². The molecule has 3 aromatic rings. The predicted octanol–water partition coefficient (Wildman–Crippen LogP) is 3.64. The first kappa shape index (κ1) is 21.1. The van der Waals surface area contributed by atoms with Gasteiger partial charge < -0.3 is 10.6 Å². The lowest BCUT2D eigenvalue weighted by atomic mass is 9.97. The lowest BCUT2D eigenvalue weighted by Crippen LogP contribution is -2.37. The van der Waals surface area contributed by atoms with Gasteiger partial charge in [-0.05, 0) is 31.5 Å². The Morgan fingerprint density at radius 2 is 1.69 bits per heavy atom. The van der Waals surface area contributed by atoms with Gasteiger partial charge in [0.25, 0.3) is 0 Å². The molecule has 29 heavy (non-hydrogen) atoms. The lowest BCUT2D eigenvalue weighted by Gasteiger charge is -2.21. The van der Waals surface area contributed by atoms with Crippen molar-refractivity contribution in [2.45, 2.75) is 25.9 Å². The maximum Gasteiger partial charge on any atom is 0.223 e. The van der Waals surface area contributed by atoms with Crippen LogP contribution in [0.5, 0.6) is 0 Å². The number of aromatic nitrogens is 2. The molecule has 0 aliphatic carbocycles. The number of carbonyl (C=O) groups is 1. The molecule has 1 fully saturated rings. The molecular weight excluding hydrogens is 384 g/mol. The zero-order chi connectivity index (χ0) is 19.2. The van der Waals surface area contributed by atoms with Gasteiger partial charge in [0, 0.05) is 29.8 Å². The Kier molecular flexibility index (Phi) is 7.44. The molecule has 2 aromatic carbocycles. The maximum absolute atomic E-state index is 12.6. The van der Waals surface area contributed by atoms with Crippen LogP contribution in [0.15, 0.2) is 66.9 Å². The number of rotatable bonds is 6. The Morgan fingerprint density at radius 3 is 2.38 bits per heavy atom. The van der Waals surface area contributed by atoms with Crippen molar-refractivity contribution >= 4 is 18.3 Å². The number of hydrogen-bond acceptors (Lipinski definition) is 3. The summed E-state index contributed by atoms with van der Waals surface area (Å²) in [5, 5.41) is 11.3. The largest absolute Gasteiger partial charge is 0.352 e. The van der Waals surface area contributed by atoms with Crippen molar-refractivity contribution < 1.29 is 4.79 Å². The Hall–Kier alpha value is -2.63. The van der Waals surface area contributed by atoms with Gasteiger partial charge in [-0.25, -0.2) is 0 Å². The molecule has 0 atom stereocenters. The van der Waals surface area contributed by atoms with E-state index in [9.17, 15) is 4.79 Å². The molecule has 2 N–H and O–H groups in total. The van der Waals surface area contributed by atoms with Crippen LogP contribution in [0, 0.1) is 5.92 Å². The molecule has 5 nitrogen and oxygen atoms in total. The van der Waals surface area contributed by atoms with Gasteiger partial charge in [-0.1, -0.05) is 60.7 Å². The van der Waals surface area contributed by atoms with E-state index in [2.05, 4.69) is 41.1 Å². The van der Waals surface area contributed by atoms with Crippen LogP contribution in [-0.4, -0.2) is 28.8 Å². The van der Waals surface area contributed by atoms with Crippen LogP contribution < -0.4 is 10.6 Å². The van der Waals surface area contributed by atoms with Gasteiger partial charge in [0.15, 0.2) is 0 Å². The van der Waals surface area contributed by atoms with Crippen molar-refractivity contribution in [3.8, 4) is 11.3 Å². The van der Waals surface area contributed by atoms with Crippen LogP contribution in [0.3, 0.4) is 0 Å². The van der Waals surface area contributed by atoms with E-state index in [4.69, 9.17) is 5.10 Å². The highest BCUT2D eigenvalue weighted by Crippen LogP contribution is 2.23. The number of piperidine rings is 1. The summed E-state index contributed by atoms with van der Waals surface area (Å²) < 4.78 is 1.96. The second kappa shape index (κ2) is 10.2. The lowest BCUT2D eigenvalue weighted by molar-refractivity contribution is -0.125.